The highest BCUT2D eigenvalue weighted by molar-refractivity contribution is 8.00. The van der Waals surface area contributed by atoms with Crippen LogP contribution in [0.3, 0.4) is 0 Å². The number of benzene rings is 1. The molecule has 1 heterocycles. The van der Waals surface area contributed by atoms with Crippen LogP contribution in [-0.2, 0) is 10.0 Å². The van der Waals surface area contributed by atoms with Crippen molar-refractivity contribution in [2.24, 2.45) is 0 Å². The maximum atomic E-state index is 12.1. The number of sulfonamides is 1. The minimum atomic E-state index is -3.20. The van der Waals surface area contributed by atoms with E-state index in [2.05, 4.69) is 0 Å². The molecular weight excluding hydrogens is 256 g/mol. The Morgan fingerprint density at radius 3 is 2.94 bits per heavy atom. The third-order valence-electron chi connectivity index (χ3n) is 2.60. The highest BCUT2D eigenvalue weighted by Gasteiger charge is 2.27. The summed E-state index contributed by atoms with van der Waals surface area (Å²) < 4.78 is 25.8. The lowest BCUT2D eigenvalue weighted by molar-refractivity contribution is 0.590. The number of nitrogens with two attached hydrogens (primary N) is 1. The Morgan fingerprint density at radius 1 is 1.47 bits per heavy atom. The number of nitrogens with zero attached hydrogens (tertiary/aromatic N) is 1. The number of thioether (sulfide) groups is 1. The molecule has 0 bridgehead atoms. The molecule has 2 rings (SSSR count). The molecule has 0 aromatic heterocycles. The molecule has 0 atom stereocenters. The van der Waals surface area contributed by atoms with Gasteiger partial charge in [0, 0.05) is 22.9 Å². The predicted molar refractivity (Wildman–Crippen MR) is 73.0 cm³/mol. The van der Waals surface area contributed by atoms with E-state index in [9.17, 15) is 8.42 Å². The van der Waals surface area contributed by atoms with Gasteiger partial charge in [0.05, 0.1) is 11.4 Å². The normalized spacial score (nSPS) is 15.7. The molecule has 17 heavy (non-hydrogen) atoms. The van der Waals surface area contributed by atoms with E-state index in [1.165, 1.54) is 4.31 Å². The van der Waals surface area contributed by atoms with Gasteiger partial charge in [-0.2, -0.15) is 0 Å². The summed E-state index contributed by atoms with van der Waals surface area (Å²) in [5.41, 5.74) is 7.06. The molecule has 1 aliphatic heterocycles. The van der Waals surface area contributed by atoms with Gasteiger partial charge in [0.1, 0.15) is 0 Å². The van der Waals surface area contributed by atoms with Gasteiger partial charge in [-0.3, -0.25) is 4.31 Å². The standard InChI is InChI=1S/C11H16N2O2S2/c1-2-7-17(14,15)13-5-6-16-11-4-3-9(12)8-10(11)13/h3-4,8H,2,5-7,12H2,1H3. The fraction of sp³-hybridized carbons (Fsp3) is 0.455. The maximum Gasteiger partial charge on any atom is 0.235 e. The minimum Gasteiger partial charge on any atom is -0.399 e. The molecule has 0 unspecified atom stereocenters. The third kappa shape index (κ3) is 2.52. The van der Waals surface area contributed by atoms with Crippen LogP contribution in [0.25, 0.3) is 0 Å². The molecule has 0 saturated heterocycles. The van der Waals surface area contributed by atoms with Crippen LogP contribution < -0.4 is 10.0 Å². The van der Waals surface area contributed by atoms with Gasteiger partial charge in [-0.25, -0.2) is 8.42 Å². The molecule has 0 aliphatic carbocycles. The first-order chi connectivity index (χ1) is 8.04. The zero-order valence-electron chi connectivity index (χ0n) is 9.72. The molecule has 0 radical (unpaired) electrons. The van der Waals surface area contributed by atoms with Gasteiger partial charge >= 0.3 is 0 Å². The Labute approximate surface area is 106 Å². The molecule has 0 amide bonds. The largest absolute Gasteiger partial charge is 0.399 e. The summed E-state index contributed by atoms with van der Waals surface area (Å²) in [6.45, 7) is 2.40. The van der Waals surface area contributed by atoms with Gasteiger partial charge in [0.2, 0.25) is 10.0 Å². The van der Waals surface area contributed by atoms with Gasteiger partial charge in [-0.05, 0) is 24.6 Å². The van der Waals surface area contributed by atoms with Crippen molar-refractivity contribution in [2.45, 2.75) is 18.2 Å². The zero-order chi connectivity index (χ0) is 12.5. The molecule has 0 spiro atoms. The van der Waals surface area contributed by atoms with E-state index in [4.69, 9.17) is 5.73 Å². The quantitative estimate of drug-likeness (QED) is 0.854. The van der Waals surface area contributed by atoms with E-state index in [1.54, 1.807) is 17.8 Å². The Hall–Kier alpha value is -0.880. The van der Waals surface area contributed by atoms with Crippen LogP contribution in [0.1, 0.15) is 13.3 Å². The third-order valence-corrected chi connectivity index (χ3v) is 5.62. The van der Waals surface area contributed by atoms with Crippen molar-refractivity contribution < 1.29 is 8.42 Å². The highest BCUT2D eigenvalue weighted by atomic mass is 32.2. The van der Waals surface area contributed by atoms with Gasteiger partial charge in [-0.15, -0.1) is 11.8 Å². The summed E-state index contributed by atoms with van der Waals surface area (Å²) in [5, 5.41) is 0. The van der Waals surface area contributed by atoms with Crippen LogP contribution >= 0.6 is 11.8 Å². The molecule has 94 valence electrons. The van der Waals surface area contributed by atoms with Crippen molar-refractivity contribution in [3.63, 3.8) is 0 Å². The highest BCUT2D eigenvalue weighted by Crippen LogP contribution is 2.37. The number of fused-ring (bicyclic) bond motifs is 1. The molecule has 2 N–H and O–H groups in total. The smallest absolute Gasteiger partial charge is 0.235 e. The summed E-state index contributed by atoms with van der Waals surface area (Å²) in [5.74, 6) is 0.978. The minimum absolute atomic E-state index is 0.186. The van der Waals surface area contributed by atoms with Crippen molar-refractivity contribution in [1.29, 1.82) is 0 Å². The van der Waals surface area contributed by atoms with Crippen LogP contribution in [-0.4, -0.2) is 26.5 Å². The van der Waals surface area contributed by atoms with Crippen LogP contribution in [0.5, 0.6) is 0 Å². The van der Waals surface area contributed by atoms with E-state index >= 15 is 0 Å². The van der Waals surface area contributed by atoms with Crippen molar-refractivity contribution in [2.75, 3.05) is 28.1 Å². The van der Waals surface area contributed by atoms with Gasteiger partial charge in [0.25, 0.3) is 0 Å². The Balaban J connectivity index is 2.44. The number of anilines is 2. The summed E-state index contributed by atoms with van der Waals surface area (Å²) in [6, 6.07) is 5.44. The van der Waals surface area contributed by atoms with Crippen molar-refractivity contribution in [3.8, 4) is 0 Å². The average Bonchev–Trinajstić information content (AvgIpc) is 2.28. The topological polar surface area (TPSA) is 63.4 Å². The summed E-state index contributed by atoms with van der Waals surface area (Å²) in [6.07, 6.45) is 0.629. The number of hydrogen-bond acceptors (Lipinski definition) is 4. The van der Waals surface area contributed by atoms with Crippen LogP contribution in [0.4, 0.5) is 11.4 Å². The van der Waals surface area contributed by atoms with E-state index in [1.807, 2.05) is 19.1 Å². The lowest BCUT2D eigenvalue weighted by Crippen LogP contribution is -2.37. The molecule has 6 heteroatoms. The maximum absolute atomic E-state index is 12.1. The second kappa shape index (κ2) is 4.78. The second-order valence-corrected chi connectivity index (χ2v) is 7.11. The van der Waals surface area contributed by atoms with Crippen molar-refractivity contribution in [3.05, 3.63) is 18.2 Å². The zero-order valence-corrected chi connectivity index (χ0v) is 11.4. The Morgan fingerprint density at radius 2 is 2.24 bits per heavy atom. The molecule has 1 aromatic rings. The fourth-order valence-electron chi connectivity index (χ4n) is 1.87. The lowest BCUT2D eigenvalue weighted by atomic mass is 10.3. The van der Waals surface area contributed by atoms with Crippen LogP contribution in [0.15, 0.2) is 23.1 Å². The molecule has 4 nitrogen and oxygen atoms in total. The van der Waals surface area contributed by atoms with Crippen LogP contribution in [0, 0.1) is 0 Å². The molecule has 0 saturated carbocycles. The lowest BCUT2D eigenvalue weighted by Gasteiger charge is -2.30. The molecular formula is C11H16N2O2S2. The van der Waals surface area contributed by atoms with Crippen molar-refractivity contribution in [1.82, 2.24) is 0 Å². The summed E-state index contributed by atoms with van der Waals surface area (Å²) in [4.78, 5) is 0.991. The average molecular weight is 272 g/mol. The van der Waals surface area contributed by atoms with E-state index in [0.29, 0.717) is 18.7 Å². The first kappa shape index (κ1) is 12.6. The SMILES string of the molecule is CCCS(=O)(=O)N1CCSc2ccc(N)cc21. The monoisotopic (exact) mass is 272 g/mol. The first-order valence-corrected chi connectivity index (χ1v) is 8.17. The summed E-state index contributed by atoms with van der Waals surface area (Å²) in [7, 11) is -3.20. The van der Waals surface area contributed by atoms with Gasteiger partial charge in [-0.1, -0.05) is 6.92 Å². The summed E-state index contributed by atoms with van der Waals surface area (Å²) >= 11 is 1.67. The van der Waals surface area contributed by atoms with Gasteiger partial charge in [0.15, 0.2) is 0 Å². The van der Waals surface area contributed by atoms with Gasteiger partial charge < -0.3 is 5.73 Å². The number of nitrogen functional groups attached to an aromatic ring is 1. The van der Waals surface area contributed by atoms with Crippen molar-refractivity contribution >= 4 is 33.2 Å². The van der Waals surface area contributed by atoms with E-state index in [0.717, 1.165) is 16.3 Å². The number of rotatable bonds is 3. The second-order valence-electron chi connectivity index (χ2n) is 3.96. The number of hydrogen-bond donors (Lipinski definition) is 1. The van der Waals surface area contributed by atoms with E-state index < -0.39 is 10.0 Å². The van der Waals surface area contributed by atoms with E-state index in [-0.39, 0.29) is 5.75 Å². The Kier molecular flexibility index (Phi) is 3.53. The molecule has 1 aliphatic rings. The predicted octanol–water partition coefficient (Wildman–Crippen LogP) is 1.92. The first-order valence-electron chi connectivity index (χ1n) is 5.57. The Bertz CT molecular complexity index is 514. The molecule has 0 fully saturated rings. The fourth-order valence-corrected chi connectivity index (χ4v) is 4.57. The van der Waals surface area contributed by atoms with Crippen LogP contribution in [0.2, 0.25) is 0 Å². The molecule has 1 aromatic carbocycles.